The maximum absolute atomic E-state index is 11.9. The Hall–Kier alpha value is -2.12. The summed E-state index contributed by atoms with van der Waals surface area (Å²) in [6.07, 6.45) is -0.278. The Balaban J connectivity index is 2.92. The van der Waals surface area contributed by atoms with E-state index in [-0.39, 0.29) is 23.0 Å². The minimum atomic E-state index is -1.08. The van der Waals surface area contributed by atoms with Gasteiger partial charge in [-0.3, -0.25) is 14.4 Å². The number of rotatable bonds is 5. The van der Waals surface area contributed by atoms with Crippen LogP contribution in [0.4, 0.5) is 5.69 Å². The van der Waals surface area contributed by atoms with E-state index >= 15 is 0 Å². The molecule has 0 saturated carbocycles. The third kappa shape index (κ3) is 4.73. The Kier molecular flexibility index (Phi) is 5.69. The Labute approximate surface area is 127 Å². The molecule has 1 aromatic rings. The molecule has 8 heteroatoms. The fourth-order valence-electron chi connectivity index (χ4n) is 1.55. The van der Waals surface area contributed by atoms with Crippen molar-refractivity contribution in [1.29, 1.82) is 0 Å². The van der Waals surface area contributed by atoms with Crippen LogP contribution in [-0.2, 0) is 9.59 Å². The minimum absolute atomic E-state index is 0.233. The van der Waals surface area contributed by atoms with Crippen LogP contribution in [0.3, 0.4) is 0 Å². The van der Waals surface area contributed by atoms with Crippen LogP contribution in [0.25, 0.3) is 0 Å². The first kappa shape index (κ1) is 16.9. The molecule has 0 aliphatic carbocycles. The summed E-state index contributed by atoms with van der Waals surface area (Å²) in [4.78, 5) is 35.8. The van der Waals surface area contributed by atoms with Crippen LogP contribution in [0.5, 0.6) is 0 Å². The van der Waals surface area contributed by atoms with E-state index in [0.29, 0.717) is 5.56 Å². The van der Waals surface area contributed by atoms with Gasteiger partial charge in [-0.25, -0.2) is 0 Å². The summed E-state index contributed by atoms with van der Waals surface area (Å²) < 4.78 is 0. The monoisotopic (exact) mass is 312 g/mol. The molecule has 0 spiro atoms. The van der Waals surface area contributed by atoms with Crippen molar-refractivity contribution in [2.24, 2.45) is 11.5 Å². The molecule has 0 bridgehead atoms. The largest absolute Gasteiger partial charge is 0.370 e. The summed E-state index contributed by atoms with van der Waals surface area (Å²) in [6, 6.07) is 3.41. The van der Waals surface area contributed by atoms with Crippen molar-refractivity contribution < 1.29 is 14.4 Å². The highest BCUT2D eigenvalue weighted by molar-refractivity contribution is 6.34. The van der Waals surface area contributed by atoms with Gasteiger partial charge in [-0.1, -0.05) is 11.6 Å². The molecular formula is C13H17ClN4O3. The number of nitrogens with zero attached hydrogens (tertiary/aromatic N) is 1. The number of hydrogen-bond acceptors (Lipinski definition) is 4. The molecule has 0 saturated heterocycles. The second-order valence-corrected chi connectivity index (χ2v) is 5.07. The second kappa shape index (κ2) is 7.05. The van der Waals surface area contributed by atoms with Gasteiger partial charge in [0.05, 0.1) is 23.2 Å². The van der Waals surface area contributed by atoms with Gasteiger partial charge < -0.3 is 21.7 Å². The highest BCUT2D eigenvalue weighted by atomic mass is 35.5. The number of carbonyl (C=O) groups is 3. The highest BCUT2D eigenvalue weighted by Gasteiger charge is 2.18. The maximum Gasteiger partial charge on any atom is 0.253 e. The zero-order valence-electron chi connectivity index (χ0n) is 11.7. The van der Waals surface area contributed by atoms with Gasteiger partial charge in [-0.15, -0.1) is 0 Å². The molecule has 5 N–H and O–H groups in total. The van der Waals surface area contributed by atoms with Crippen molar-refractivity contribution in [3.05, 3.63) is 28.8 Å². The first-order valence-corrected chi connectivity index (χ1v) is 6.46. The summed E-state index contributed by atoms with van der Waals surface area (Å²) in [6.45, 7) is 0. The van der Waals surface area contributed by atoms with E-state index < -0.39 is 17.9 Å². The van der Waals surface area contributed by atoms with Crippen LogP contribution in [0, 0.1) is 0 Å². The van der Waals surface area contributed by atoms with Crippen LogP contribution in [0.2, 0.25) is 5.02 Å². The van der Waals surface area contributed by atoms with Crippen molar-refractivity contribution in [3.8, 4) is 0 Å². The van der Waals surface area contributed by atoms with E-state index in [1.807, 2.05) is 0 Å². The van der Waals surface area contributed by atoms with Crippen molar-refractivity contribution in [2.75, 3.05) is 19.4 Å². The Morgan fingerprint density at radius 1 is 1.33 bits per heavy atom. The number of amides is 3. The molecule has 0 heterocycles. The summed E-state index contributed by atoms with van der Waals surface area (Å²) in [5, 5.41) is 2.73. The van der Waals surface area contributed by atoms with Gasteiger partial charge in [-0.05, 0) is 18.2 Å². The molecule has 0 aromatic heterocycles. The number of nitrogens with two attached hydrogens (primary N) is 2. The van der Waals surface area contributed by atoms with E-state index in [1.54, 1.807) is 20.2 Å². The molecule has 3 amide bonds. The number of hydrogen-bond donors (Lipinski definition) is 3. The van der Waals surface area contributed by atoms with Crippen molar-refractivity contribution in [2.45, 2.75) is 12.5 Å². The summed E-state index contributed by atoms with van der Waals surface area (Å²) in [5.41, 5.74) is 11.1. The van der Waals surface area contributed by atoms with E-state index in [9.17, 15) is 14.4 Å². The lowest BCUT2D eigenvalue weighted by molar-refractivity contribution is -0.123. The van der Waals surface area contributed by atoms with Crippen LogP contribution >= 0.6 is 11.6 Å². The Bertz CT molecular complexity index is 575. The zero-order chi connectivity index (χ0) is 16.2. The molecule has 1 aromatic carbocycles. The highest BCUT2D eigenvalue weighted by Crippen LogP contribution is 2.23. The van der Waals surface area contributed by atoms with Gasteiger partial charge in [0.15, 0.2) is 0 Å². The number of anilines is 1. The topological polar surface area (TPSA) is 119 Å². The number of primary amides is 1. The van der Waals surface area contributed by atoms with Crippen LogP contribution < -0.4 is 16.8 Å². The first-order valence-electron chi connectivity index (χ1n) is 6.08. The predicted octanol–water partition coefficient (Wildman–Crippen LogP) is 0.183. The second-order valence-electron chi connectivity index (χ2n) is 4.66. The number of carbonyl (C=O) groups excluding carboxylic acids is 3. The third-order valence-electron chi connectivity index (χ3n) is 2.64. The average Bonchev–Trinajstić information content (AvgIpc) is 2.39. The smallest absolute Gasteiger partial charge is 0.253 e. The summed E-state index contributed by atoms with van der Waals surface area (Å²) in [5.74, 6) is -1.52. The molecule has 0 radical (unpaired) electrons. The quantitative estimate of drug-likeness (QED) is 0.718. The number of nitrogens with one attached hydrogen (secondary N) is 1. The molecule has 0 fully saturated rings. The molecule has 21 heavy (non-hydrogen) atoms. The van der Waals surface area contributed by atoms with Gasteiger partial charge in [-0.2, -0.15) is 0 Å². The van der Waals surface area contributed by atoms with Gasteiger partial charge in [0, 0.05) is 19.7 Å². The summed E-state index contributed by atoms with van der Waals surface area (Å²) in [7, 11) is 3.22. The molecule has 7 nitrogen and oxygen atoms in total. The Morgan fingerprint density at radius 3 is 2.48 bits per heavy atom. The Morgan fingerprint density at radius 2 is 1.95 bits per heavy atom. The molecule has 1 rings (SSSR count). The van der Waals surface area contributed by atoms with E-state index in [4.69, 9.17) is 23.1 Å². The number of halogens is 1. The SMILES string of the molecule is CN(C)C(=O)c1ccc(Cl)c(NC(=O)C(N)CC(N)=O)c1. The molecule has 114 valence electrons. The third-order valence-corrected chi connectivity index (χ3v) is 2.96. The van der Waals surface area contributed by atoms with E-state index in [2.05, 4.69) is 5.32 Å². The van der Waals surface area contributed by atoms with Crippen molar-refractivity contribution in [3.63, 3.8) is 0 Å². The maximum atomic E-state index is 11.9. The van der Waals surface area contributed by atoms with Crippen molar-refractivity contribution in [1.82, 2.24) is 4.90 Å². The normalized spacial score (nSPS) is 11.6. The molecule has 0 aliphatic heterocycles. The fraction of sp³-hybridized carbons (Fsp3) is 0.308. The van der Waals surface area contributed by atoms with Crippen LogP contribution in [0.15, 0.2) is 18.2 Å². The van der Waals surface area contributed by atoms with Gasteiger partial charge >= 0.3 is 0 Å². The minimum Gasteiger partial charge on any atom is -0.370 e. The lowest BCUT2D eigenvalue weighted by atomic mass is 10.1. The standard InChI is InChI=1S/C13H17ClN4O3/c1-18(2)13(21)7-3-4-8(14)10(5-7)17-12(20)9(15)6-11(16)19/h3-5,9H,6,15H2,1-2H3,(H2,16,19)(H,17,20). The lowest BCUT2D eigenvalue weighted by Gasteiger charge is -2.14. The van der Waals surface area contributed by atoms with Crippen LogP contribution in [0.1, 0.15) is 16.8 Å². The van der Waals surface area contributed by atoms with Crippen molar-refractivity contribution >= 4 is 35.0 Å². The zero-order valence-corrected chi connectivity index (χ0v) is 12.5. The molecule has 1 atom stereocenters. The fourth-order valence-corrected chi connectivity index (χ4v) is 1.71. The predicted molar refractivity (Wildman–Crippen MR) is 79.9 cm³/mol. The summed E-state index contributed by atoms with van der Waals surface area (Å²) >= 11 is 5.96. The van der Waals surface area contributed by atoms with E-state index in [1.165, 1.54) is 17.0 Å². The van der Waals surface area contributed by atoms with Gasteiger partial charge in [0.1, 0.15) is 0 Å². The van der Waals surface area contributed by atoms with Gasteiger partial charge in [0.25, 0.3) is 5.91 Å². The molecule has 1 unspecified atom stereocenters. The van der Waals surface area contributed by atoms with E-state index in [0.717, 1.165) is 0 Å². The van der Waals surface area contributed by atoms with Crippen LogP contribution in [-0.4, -0.2) is 42.8 Å². The first-order chi connectivity index (χ1) is 9.72. The molecule has 0 aliphatic rings. The lowest BCUT2D eigenvalue weighted by Crippen LogP contribution is -2.39. The molecular weight excluding hydrogens is 296 g/mol. The number of benzene rings is 1. The average molecular weight is 313 g/mol. The van der Waals surface area contributed by atoms with Gasteiger partial charge in [0.2, 0.25) is 11.8 Å².